The Morgan fingerprint density at radius 1 is 1.62 bits per heavy atom. The first-order valence-electron chi connectivity index (χ1n) is 4.09. The van der Waals surface area contributed by atoms with Gasteiger partial charge in [-0.05, 0) is 6.08 Å². The van der Waals surface area contributed by atoms with E-state index in [0.29, 0.717) is 13.1 Å². The molecule has 0 unspecified atom stereocenters. The highest BCUT2D eigenvalue weighted by atomic mass is 16.2. The average molecular weight is 178 g/mol. The third kappa shape index (κ3) is 1.32. The lowest BCUT2D eigenvalue weighted by Gasteiger charge is -2.25. The van der Waals surface area contributed by atoms with Crippen LogP contribution in [0.1, 0.15) is 5.82 Å². The van der Waals surface area contributed by atoms with E-state index in [-0.39, 0.29) is 5.91 Å². The molecule has 0 bridgehead atoms. The number of aromatic nitrogens is 3. The van der Waals surface area contributed by atoms with E-state index in [9.17, 15) is 4.79 Å². The summed E-state index contributed by atoms with van der Waals surface area (Å²) in [5, 5.41) is 7.68. The van der Waals surface area contributed by atoms with E-state index in [1.54, 1.807) is 11.2 Å². The fraction of sp³-hybridized carbons (Fsp3) is 0.375. The van der Waals surface area contributed by atoms with Crippen molar-refractivity contribution in [2.45, 2.75) is 13.1 Å². The topological polar surface area (TPSA) is 51.0 Å². The Kier molecular flexibility index (Phi) is 1.84. The first-order chi connectivity index (χ1) is 6.31. The van der Waals surface area contributed by atoms with Crippen molar-refractivity contribution < 1.29 is 4.79 Å². The number of amides is 1. The summed E-state index contributed by atoms with van der Waals surface area (Å²) in [6, 6.07) is 0. The zero-order valence-corrected chi connectivity index (χ0v) is 7.18. The fourth-order valence-corrected chi connectivity index (χ4v) is 1.38. The van der Waals surface area contributed by atoms with Crippen molar-refractivity contribution in [3.8, 4) is 0 Å². The molecule has 1 aromatic rings. The smallest absolute Gasteiger partial charge is 0.246 e. The number of fused-ring (bicyclic) bond motifs is 1. The monoisotopic (exact) mass is 178 g/mol. The standard InChI is InChI=1S/C8H10N4O/c1-2-8(13)11-3-4-12-6-9-10-7(12)5-11/h2,6H,1,3-5H2. The lowest BCUT2D eigenvalue weighted by molar-refractivity contribution is -0.127. The largest absolute Gasteiger partial charge is 0.330 e. The minimum atomic E-state index is -0.0470. The number of hydrogen-bond acceptors (Lipinski definition) is 3. The molecule has 1 aliphatic heterocycles. The molecule has 68 valence electrons. The molecule has 13 heavy (non-hydrogen) atoms. The van der Waals surface area contributed by atoms with Crippen LogP contribution < -0.4 is 0 Å². The van der Waals surface area contributed by atoms with E-state index < -0.39 is 0 Å². The quantitative estimate of drug-likeness (QED) is 0.560. The second-order valence-electron chi connectivity index (χ2n) is 2.90. The maximum atomic E-state index is 11.2. The van der Waals surface area contributed by atoms with Crippen LogP contribution >= 0.6 is 0 Å². The van der Waals surface area contributed by atoms with Gasteiger partial charge in [-0.2, -0.15) is 0 Å². The van der Waals surface area contributed by atoms with Gasteiger partial charge in [-0.15, -0.1) is 10.2 Å². The number of hydrogen-bond donors (Lipinski definition) is 0. The predicted molar refractivity (Wildman–Crippen MR) is 45.6 cm³/mol. The normalized spacial score (nSPS) is 15.2. The lowest BCUT2D eigenvalue weighted by Crippen LogP contribution is -2.37. The van der Waals surface area contributed by atoms with Gasteiger partial charge in [0.25, 0.3) is 0 Å². The van der Waals surface area contributed by atoms with Gasteiger partial charge < -0.3 is 9.47 Å². The molecule has 0 saturated heterocycles. The van der Waals surface area contributed by atoms with Crippen molar-refractivity contribution >= 4 is 5.91 Å². The molecule has 2 heterocycles. The van der Waals surface area contributed by atoms with E-state index in [1.807, 2.05) is 4.57 Å². The molecule has 0 N–H and O–H groups in total. The molecule has 0 radical (unpaired) electrons. The predicted octanol–water partition coefficient (Wildman–Crippen LogP) is -0.194. The Hall–Kier alpha value is -1.65. The second-order valence-corrected chi connectivity index (χ2v) is 2.90. The van der Waals surface area contributed by atoms with Gasteiger partial charge in [-0.1, -0.05) is 6.58 Å². The van der Waals surface area contributed by atoms with Gasteiger partial charge in [-0.3, -0.25) is 4.79 Å². The zero-order valence-electron chi connectivity index (χ0n) is 7.18. The summed E-state index contributed by atoms with van der Waals surface area (Å²) in [6.07, 6.45) is 3.01. The summed E-state index contributed by atoms with van der Waals surface area (Å²) >= 11 is 0. The number of nitrogens with zero attached hydrogens (tertiary/aromatic N) is 4. The maximum Gasteiger partial charge on any atom is 0.246 e. The lowest BCUT2D eigenvalue weighted by atomic mass is 10.3. The van der Waals surface area contributed by atoms with Crippen LogP contribution in [0.25, 0.3) is 0 Å². The van der Waals surface area contributed by atoms with Gasteiger partial charge in [0.1, 0.15) is 6.33 Å². The van der Waals surface area contributed by atoms with Crippen LogP contribution in [0.15, 0.2) is 19.0 Å². The zero-order chi connectivity index (χ0) is 9.26. The molecule has 1 aromatic heterocycles. The molecule has 0 saturated carbocycles. The van der Waals surface area contributed by atoms with E-state index in [1.165, 1.54) is 6.08 Å². The van der Waals surface area contributed by atoms with Crippen LogP contribution in [0.4, 0.5) is 0 Å². The second kappa shape index (κ2) is 3.01. The molecule has 0 fully saturated rings. The van der Waals surface area contributed by atoms with Gasteiger partial charge in [0.2, 0.25) is 5.91 Å². The molecule has 1 amide bonds. The number of carbonyl (C=O) groups excluding carboxylic acids is 1. The first kappa shape index (κ1) is 7.97. The van der Waals surface area contributed by atoms with Gasteiger partial charge >= 0.3 is 0 Å². The Balaban J connectivity index is 2.17. The molecule has 0 aliphatic carbocycles. The third-order valence-electron chi connectivity index (χ3n) is 2.13. The Morgan fingerprint density at radius 3 is 3.23 bits per heavy atom. The van der Waals surface area contributed by atoms with Crippen LogP contribution in [0.2, 0.25) is 0 Å². The summed E-state index contributed by atoms with van der Waals surface area (Å²) in [5.41, 5.74) is 0. The van der Waals surface area contributed by atoms with Crippen molar-refractivity contribution in [3.63, 3.8) is 0 Å². The summed E-state index contributed by atoms with van der Waals surface area (Å²) in [5.74, 6) is 0.788. The van der Waals surface area contributed by atoms with E-state index >= 15 is 0 Å². The van der Waals surface area contributed by atoms with E-state index in [2.05, 4.69) is 16.8 Å². The molecule has 0 aromatic carbocycles. The fourth-order valence-electron chi connectivity index (χ4n) is 1.38. The highest BCUT2D eigenvalue weighted by molar-refractivity contribution is 5.86. The van der Waals surface area contributed by atoms with Gasteiger partial charge in [0, 0.05) is 13.1 Å². The van der Waals surface area contributed by atoms with Crippen LogP contribution in [0.5, 0.6) is 0 Å². The van der Waals surface area contributed by atoms with Crippen molar-refractivity contribution in [3.05, 3.63) is 24.8 Å². The molecular weight excluding hydrogens is 168 g/mol. The molecule has 0 spiro atoms. The maximum absolute atomic E-state index is 11.2. The van der Waals surface area contributed by atoms with E-state index in [0.717, 1.165) is 12.4 Å². The summed E-state index contributed by atoms with van der Waals surface area (Å²) < 4.78 is 1.95. The summed E-state index contributed by atoms with van der Waals surface area (Å²) in [7, 11) is 0. The Morgan fingerprint density at radius 2 is 2.46 bits per heavy atom. The summed E-state index contributed by atoms with van der Waals surface area (Å²) in [6.45, 7) is 5.45. The number of rotatable bonds is 1. The Bertz CT molecular complexity index is 344. The highest BCUT2D eigenvalue weighted by Crippen LogP contribution is 2.08. The van der Waals surface area contributed by atoms with Crippen LogP contribution in [0.3, 0.4) is 0 Å². The van der Waals surface area contributed by atoms with Crippen molar-refractivity contribution in [1.29, 1.82) is 0 Å². The van der Waals surface area contributed by atoms with Gasteiger partial charge in [0.15, 0.2) is 5.82 Å². The first-order valence-corrected chi connectivity index (χ1v) is 4.09. The third-order valence-corrected chi connectivity index (χ3v) is 2.13. The Labute approximate surface area is 75.7 Å². The van der Waals surface area contributed by atoms with Crippen LogP contribution in [0, 0.1) is 0 Å². The van der Waals surface area contributed by atoms with Gasteiger partial charge in [-0.25, -0.2) is 0 Å². The molecule has 2 rings (SSSR count). The van der Waals surface area contributed by atoms with Crippen molar-refractivity contribution in [2.24, 2.45) is 0 Å². The molecule has 0 atom stereocenters. The molecule has 5 nitrogen and oxygen atoms in total. The van der Waals surface area contributed by atoms with Crippen molar-refractivity contribution in [1.82, 2.24) is 19.7 Å². The highest BCUT2D eigenvalue weighted by Gasteiger charge is 2.19. The average Bonchev–Trinajstić information content (AvgIpc) is 2.63. The summed E-state index contributed by atoms with van der Waals surface area (Å²) in [4.78, 5) is 13.0. The molecule has 1 aliphatic rings. The molecular formula is C8H10N4O. The van der Waals surface area contributed by atoms with E-state index in [4.69, 9.17) is 0 Å². The molecule has 5 heteroatoms. The minimum Gasteiger partial charge on any atom is -0.330 e. The van der Waals surface area contributed by atoms with Gasteiger partial charge in [0.05, 0.1) is 6.54 Å². The number of carbonyl (C=O) groups is 1. The van der Waals surface area contributed by atoms with Crippen LogP contribution in [-0.4, -0.2) is 32.1 Å². The minimum absolute atomic E-state index is 0.0470. The van der Waals surface area contributed by atoms with Crippen molar-refractivity contribution in [2.75, 3.05) is 6.54 Å². The SMILES string of the molecule is C=CC(=O)N1CCn2cnnc2C1. The van der Waals surface area contributed by atoms with Crippen LogP contribution in [-0.2, 0) is 17.9 Å².